The van der Waals surface area contributed by atoms with E-state index >= 15 is 0 Å². The molecular weight excluding hydrogens is 453 g/mol. The molecule has 27 heavy (non-hydrogen) atoms. The van der Waals surface area contributed by atoms with Gasteiger partial charge in [-0.2, -0.15) is 0 Å². The molecule has 2 saturated heterocycles. The van der Waals surface area contributed by atoms with Gasteiger partial charge in [-0.05, 0) is 42.7 Å². The number of hydrogen-bond acceptors (Lipinski definition) is 3. The SMILES string of the molecule is CN=C(NCc1ccc(COC2CCOCC2)cc1)N1CCCC(C)C1.I. The van der Waals surface area contributed by atoms with E-state index in [1.54, 1.807) is 0 Å². The standard InChI is InChI=1S/C21H33N3O2.HI/c1-17-4-3-11-24(15-17)21(22-2)23-14-18-5-7-19(8-6-18)16-26-20-9-12-25-13-10-20;/h5-8,17,20H,3-4,9-16H2,1-2H3,(H,22,23);1H. The highest BCUT2D eigenvalue weighted by atomic mass is 127. The Labute approximate surface area is 180 Å². The van der Waals surface area contributed by atoms with Gasteiger partial charge in [-0.15, -0.1) is 24.0 Å². The maximum absolute atomic E-state index is 5.99. The summed E-state index contributed by atoms with van der Waals surface area (Å²) >= 11 is 0. The van der Waals surface area contributed by atoms with Crippen LogP contribution in [0.15, 0.2) is 29.3 Å². The maximum atomic E-state index is 5.99. The Morgan fingerprint density at radius 3 is 2.56 bits per heavy atom. The number of likely N-dealkylation sites (tertiary alicyclic amines) is 1. The van der Waals surface area contributed by atoms with E-state index in [4.69, 9.17) is 9.47 Å². The van der Waals surface area contributed by atoms with Crippen molar-refractivity contribution in [2.45, 2.75) is 51.9 Å². The fourth-order valence-electron chi connectivity index (χ4n) is 3.71. The molecule has 0 saturated carbocycles. The molecule has 152 valence electrons. The van der Waals surface area contributed by atoms with Gasteiger partial charge in [0.2, 0.25) is 0 Å². The predicted octanol–water partition coefficient (Wildman–Crippen LogP) is 3.81. The van der Waals surface area contributed by atoms with Crippen LogP contribution in [0.1, 0.15) is 43.7 Å². The number of rotatable bonds is 5. The minimum absolute atomic E-state index is 0. The van der Waals surface area contributed by atoms with Crippen molar-refractivity contribution in [1.82, 2.24) is 10.2 Å². The smallest absolute Gasteiger partial charge is 0.193 e. The Hall–Kier alpha value is -0.860. The first-order chi connectivity index (χ1) is 12.7. The summed E-state index contributed by atoms with van der Waals surface area (Å²) < 4.78 is 11.4. The molecule has 2 aliphatic heterocycles. The van der Waals surface area contributed by atoms with Crippen LogP contribution in [0.3, 0.4) is 0 Å². The molecule has 0 spiro atoms. The quantitative estimate of drug-likeness (QED) is 0.390. The monoisotopic (exact) mass is 487 g/mol. The molecule has 5 nitrogen and oxygen atoms in total. The van der Waals surface area contributed by atoms with Gasteiger partial charge in [0, 0.05) is 39.9 Å². The molecule has 1 aromatic rings. The van der Waals surface area contributed by atoms with E-state index in [-0.39, 0.29) is 24.0 Å². The topological polar surface area (TPSA) is 46.1 Å². The second-order valence-electron chi connectivity index (χ2n) is 7.53. The Bertz CT molecular complexity index is 573. The van der Waals surface area contributed by atoms with E-state index in [0.717, 1.165) is 57.6 Å². The van der Waals surface area contributed by atoms with Gasteiger partial charge in [-0.1, -0.05) is 31.2 Å². The van der Waals surface area contributed by atoms with Crippen LogP contribution >= 0.6 is 24.0 Å². The predicted molar refractivity (Wildman–Crippen MR) is 121 cm³/mol. The third kappa shape index (κ3) is 7.23. The molecule has 0 amide bonds. The normalized spacial score (nSPS) is 21.6. The van der Waals surface area contributed by atoms with Crippen LogP contribution in [0.25, 0.3) is 0 Å². The first-order valence-corrected chi connectivity index (χ1v) is 9.97. The summed E-state index contributed by atoms with van der Waals surface area (Å²) in [6.45, 7) is 7.67. The second kappa shape index (κ2) is 11.9. The molecule has 0 radical (unpaired) electrons. The molecule has 3 rings (SSSR count). The Balaban J connectivity index is 0.00000261. The molecule has 6 heteroatoms. The number of ether oxygens (including phenoxy) is 2. The van der Waals surface area contributed by atoms with E-state index in [9.17, 15) is 0 Å². The zero-order chi connectivity index (χ0) is 18.2. The molecule has 1 N–H and O–H groups in total. The van der Waals surface area contributed by atoms with E-state index in [1.807, 2.05) is 7.05 Å². The Morgan fingerprint density at radius 2 is 1.89 bits per heavy atom. The molecule has 0 bridgehead atoms. The van der Waals surface area contributed by atoms with Crippen LogP contribution in [0.5, 0.6) is 0 Å². The summed E-state index contributed by atoms with van der Waals surface area (Å²) in [7, 11) is 1.87. The molecule has 2 aliphatic rings. The van der Waals surface area contributed by atoms with E-state index in [0.29, 0.717) is 12.7 Å². The first-order valence-electron chi connectivity index (χ1n) is 9.97. The fourth-order valence-corrected chi connectivity index (χ4v) is 3.71. The van der Waals surface area contributed by atoms with E-state index in [1.165, 1.54) is 24.0 Å². The van der Waals surface area contributed by atoms with Gasteiger partial charge < -0.3 is 19.7 Å². The highest BCUT2D eigenvalue weighted by molar-refractivity contribution is 14.0. The lowest BCUT2D eigenvalue weighted by Crippen LogP contribution is -2.45. The highest BCUT2D eigenvalue weighted by Crippen LogP contribution is 2.16. The fraction of sp³-hybridized carbons (Fsp3) is 0.667. The van der Waals surface area contributed by atoms with Gasteiger partial charge in [-0.3, -0.25) is 4.99 Å². The summed E-state index contributed by atoms with van der Waals surface area (Å²) in [5.74, 6) is 1.76. The molecule has 1 unspecified atom stereocenters. The zero-order valence-electron chi connectivity index (χ0n) is 16.7. The number of piperidine rings is 1. The van der Waals surface area contributed by atoms with Crippen molar-refractivity contribution in [3.63, 3.8) is 0 Å². The summed E-state index contributed by atoms with van der Waals surface area (Å²) in [6, 6.07) is 8.70. The molecular formula is C21H34IN3O2. The summed E-state index contributed by atoms with van der Waals surface area (Å²) in [5.41, 5.74) is 2.50. The number of benzene rings is 1. The van der Waals surface area contributed by atoms with Crippen molar-refractivity contribution in [3.8, 4) is 0 Å². The molecule has 1 atom stereocenters. The lowest BCUT2D eigenvalue weighted by atomic mass is 10.0. The van der Waals surface area contributed by atoms with Gasteiger partial charge in [0.15, 0.2) is 5.96 Å². The summed E-state index contributed by atoms with van der Waals surface area (Å²) in [5, 5.41) is 3.51. The number of nitrogens with one attached hydrogen (secondary N) is 1. The van der Waals surface area contributed by atoms with Crippen molar-refractivity contribution in [3.05, 3.63) is 35.4 Å². The van der Waals surface area contributed by atoms with Crippen molar-refractivity contribution >= 4 is 29.9 Å². The molecule has 2 heterocycles. The molecule has 1 aromatic carbocycles. The van der Waals surface area contributed by atoms with E-state index in [2.05, 4.69) is 46.4 Å². The zero-order valence-corrected chi connectivity index (χ0v) is 19.0. The molecule has 2 fully saturated rings. The second-order valence-corrected chi connectivity index (χ2v) is 7.53. The van der Waals surface area contributed by atoms with Gasteiger partial charge in [0.05, 0.1) is 12.7 Å². The lowest BCUT2D eigenvalue weighted by Gasteiger charge is -2.33. The van der Waals surface area contributed by atoms with Crippen molar-refractivity contribution in [2.24, 2.45) is 10.9 Å². The van der Waals surface area contributed by atoms with Gasteiger partial charge in [0.1, 0.15) is 0 Å². The van der Waals surface area contributed by atoms with Gasteiger partial charge >= 0.3 is 0 Å². The lowest BCUT2D eigenvalue weighted by molar-refractivity contribution is -0.0390. The number of nitrogens with zero attached hydrogens (tertiary/aromatic N) is 2. The van der Waals surface area contributed by atoms with Gasteiger partial charge in [0.25, 0.3) is 0 Å². The van der Waals surface area contributed by atoms with Crippen molar-refractivity contribution in [2.75, 3.05) is 33.4 Å². The van der Waals surface area contributed by atoms with Gasteiger partial charge in [-0.25, -0.2) is 0 Å². The minimum atomic E-state index is 0. The largest absolute Gasteiger partial charge is 0.381 e. The number of halogens is 1. The number of aliphatic imine (C=N–C) groups is 1. The van der Waals surface area contributed by atoms with Crippen LogP contribution in [-0.4, -0.2) is 50.3 Å². The van der Waals surface area contributed by atoms with E-state index < -0.39 is 0 Å². The van der Waals surface area contributed by atoms with Crippen LogP contribution in [0.2, 0.25) is 0 Å². The van der Waals surface area contributed by atoms with Crippen molar-refractivity contribution < 1.29 is 9.47 Å². The summed E-state index contributed by atoms with van der Waals surface area (Å²) in [6.07, 6.45) is 4.95. The molecule has 0 aliphatic carbocycles. The third-order valence-electron chi connectivity index (χ3n) is 5.30. The summed E-state index contributed by atoms with van der Waals surface area (Å²) in [4.78, 5) is 6.84. The average Bonchev–Trinajstić information content (AvgIpc) is 2.69. The number of hydrogen-bond donors (Lipinski definition) is 1. The Kier molecular flexibility index (Phi) is 9.86. The minimum Gasteiger partial charge on any atom is -0.381 e. The molecule has 0 aromatic heterocycles. The van der Waals surface area contributed by atoms with Crippen molar-refractivity contribution in [1.29, 1.82) is 0 Å². The number of guanidine groups is 1. The Morgan fingerprint density at radius 1 is 1.19 bits per heavy atom. The average molecular weight is 487 g/mol. The van der Waals surface area contributed by atoms with Crippen LogP contribution in [0.4, 0.5) is 0 Å². The highest BCUT2D eigenvalue weighted by Gasteiger charge is 2.19. The first kappa shape index (κ1) is 22.4. The van der Waals surface area contributed by atoms with Crippen LogP contribution < -0.4 is 5.32 Å². The van der Waals surface area contributed by atoms with Crippen LogP contribution in [-0.2, 0) is 22.6 Å². The van der Waals surface area contributed by atoms with Crippen LogP contribution in [0, 0.1) is 5.92 Å². The third-order valence-corrected chi connectivity index (χ3v) is 5.30. The maximum Gasteiger partial charge on any atom is 0.193 e.